The summed E-state index contributed by atoms with van der Waals surface area (Å²) in [4.78, 5) is 13.5. The lowest BCUT2D eigenvalue weighted by molar-refractivity contribution is -0.133. The lowest BCUT2D eigenvalue weighted by Gasteiger charge is -2.37. The van der Waals surface area contributed by atoms with E-state index in [0.29, 0.717) is 32.7 Å². The predicted molar refractivity (Wildman–Crippen MR) is 73.9 cm³/mol. The topological polar surface area (TPSA) is 73.0 Å². The van der Waals surface area contributed by atoms with E-state index in [4.69, 9.17) is 0 Å². The van der Waals surface area contributed by atoms with Gasteiger partial charge in [-0.25, -0.2) is 0 Å². The van der Waals surface area contributed by atoms with E-state index in [0.717, 1.165) is 0 Å². The first-order valence-electron chi connectivity index (χ1n) is 6.55. The van der Waals surface area contributed by atoms with Crippen LogP contribution < -0.4 is 5.32 Å². The van der Waals surface area contributed by atoms with Gasteiger partial charge in [0.2, 0.25) is 5.91 Å². The molecule has 1 unspecified atom stereocenters. The highest BCUT2D eigenvalue weighted by molar-refractivity contribution is 7.86. The van der Waals surface area contributed by atoms with Gasteiger partial charge in [0.15, 0.2) is 0 Å². The molecule has 0 radical (unpaired) electrons. The molecule has 1 saturated heterocycles. The summed E-state index contributed by atoms with van der Waals surface area (Å²) in [7, 11) is -0.297. The summed E-state index contributed by atoms with van der Waals surface area (Å²) in [5, 5.41) is 3.08. The molecule has 1 atom stereocenters. The molecule has 1 aliphatic heterocycles. The Balaban J connectivity index is 3.03. The third-order valence-corrected chi connectivity index (χ3v) is 5.45. The summed E-state index contributed by atoms with van der Waals surface area (Å²) >= 11 is 0. The number of amides is 1. The Morgan fingerprint density at radius 3 is 2.37 bits per heavy atom. The second kappa shape index (κ2) is 6.65. The van der Waals surface area contributed by atoms with Crippen LogP contribution in [0.5, 0.6) is 0 Å². The van der Waals surface area contributed by atoms with Gasteiger partial charge >= 0.3 is 0 Å². The molecule has 7 nitrogen and oxygen atoms in total. The monoisotopic (exact) mass is 292 g/mol. The molecule has 0 saturated carbocycles. The predicted octanol–water partition coefficient (Wildman–Crippen LogP) is -1.06. The zero-order chi connectivity index (χ0) is 14.6. The first-order chi connectivity index (χ1) is 8.86. The molecule has 1 fully saturated rings. The summed E-state index contributed by atoms with van der Waals surface area (Å²) in [6.07, 6.45) is 0. The van der Waals surface area contributed by atoms with E-state index in [1.807, 2.05) is 0 Å². The number of nitrogens with one attached hydrogen (secondary N) is 1. The Morgan fingerprint density at radius 2 is 1.89 bits per heavy atom. The molecule has 0 aromatic carbocycles. The van der Waals surface area contributed by atoms with Crippen molar-refractivity contribution in [2.75, 3.05) is 46.8 Å². The molecule has 0 aliphatic carbocycles. The number of nitrogens with zero attached hydrogens (tertiary/aromatic N) is 3. The second-order valence-corrected chi connectivity index (χ2v) is 6.54. The van der Waals surface area contributed by atoms with Crippen molar-refractivity contribution in [3.63, 3.8) is 0 Å². The maximum atomic E-state index is 12.5. The zero-order valence-corrected chi connectivity index (χ0v) is 12.9. The molecule has 8 heteroatoms. The van der Waals surface area contributed by atoms with Crippen molar-refractivity contribution in [2.45, 2.75) is 19.9 Å². The van der Waals surface area contributed by atoms with Crippen LogP contribution in [0.4, 0.5) is 0 Å². The fourth-order valence-electron chi connectivity index (χ4n) is 2.17. The Hall–Kier alpha value is -0.700. The summed E-state index contributed by atoms with van der Waals surface area (Å²) in [5.41, 5.74) is 0. The fourth-order valence-corrected chi connectivity index (χ4v) is 3.93. The van der Waals surface area contributed by atoms with Crippen molar-refractivity contribution in [1.29, 1.82) is 0 Å². The van der Waals surface area contributed by atoms with Crippen LogP contribution in [-0.4, -0.2) is 80.7 Å². The second-order valence-electron chi connectivity index (χ2n) is 4.66. The van der Waals surface area contributed by atoms with Crippen LogP contribution in [0.2, 0.25) is 0 Å². The lowest BCUT2D eigenvalue weighted by Crippen LogP contribution is -2.61. The van der Waals surface area contributed by atoms with Gasteiger partial charge in [-0.2, -0.15) is 17.0 Å². The first kappa shape index (κ1) is 16.4. The van der Waals surface area contributed by atoms with Crippen molar-refractivity contribution < 1.29 is 13.2 Å². The van der Waals surface area contributed by atoms with Gasteiger partial charge in [0.25, 0.3) is 10.2 Å². The average Bonchev–Trinajstić information content (AvgIpc) is 2.38. The Kier molecular flexibility index (Phi) is 5.72. The highest BCUT2D eigenvalue weighted by Crippen LogP contribution is 2.15. The number of hydrogen-bond acceptors (Lipinski definition) is 4. The smallest absolute Gasteiger partial charge is 0.282 e. The molecule has 1 aliphatic rings. The van der Waals surface area contributed by atoms with Gasteiger partial charge in [0.05, 0.1) is 0 Å². The van der Waals surface area contributed by atoms with E-state index in [1.165, 1.54) is 13.5 Å². The van der Waals surface area contributed by atoms with Crippen LogP contribution in [-0.2, 0) is 15.0 Å². The minimum absolute atomic E-state index is 0.192. The number of likely N-dealkylation sites (N-methyl/N-ethyl adjacent to an activating group) is 1. The summed E-state index contributed by atoms with van der Waals surface area (Å²) in [5.74, 6) is -0.192. The van der Waals surface area contributed by atoms with Crippen LogP contribution in [0.3, 0.4) is 0 Å². The van der Waals surface area contributed by atoms with Crippen molar-refractivity contribution >= 4 is 16.1 Å². The molecule has 0 bridgehead atoms. The molecule has 1 heterocycles. The van der Waals surface area contributed by atoms with E-state index < -0.39 is 16.3 Å². The minimum Gasteiger partial charge on any atom is -0.347 e. The third kappa shape index (κ3) is 3.44. The normalized spacial score (nSPS) is 21.6. The maximum Gasteiger partial charge on any atom is 0.282 e. The molecule has 0 aromatic heterocycles. The van der Waals surface area contributed by atoms with Crippen LogP contribution in [0.25, 0.3) is 0 Å². The summed E-state index contributed by atoms with van der Waals surface area (Å²) in [6.45, 7) is 5.66. The lowest BCUT2D eigenvalue weighted by atomic mass is 10.2. The molecule has 112 valence electrons. The van der Waals surface area contributed by atoms with Crippen LogP contribution >= 0.6 is 0 Å². The standard InChI is InChI=1S/C11H24N4O3S/c1-5-14(6-2)19(17,18)15-8-7-12-9-10(15)11(16)13(3)4/h10,12H,5-9H2,1-4H3. The van der Waals surface area contributed by atoms with Gasteiger partial charge < -0.3 is 10.2 Å². The number of piperazine rings is 1. The quantitative estimate of drug-likeness (QED) is 0.701. The van der Waals surface area contributed by atoms with Crippen molar-refractivity contribution in [3.8, 4) is 0 Å². The maximum absolute atomic E-state index is 12.5. The van der Waals surface area contributed by atoms with Gasteiger partial charge in [-0.05, 0) is 0 Å². The van der Waals surface area contributed by atoms with Crippen LogP contribution in [0.1, 0.15) is 13.8 Å². The number of hydrogen-bond donors (Lipinski definition) is 1. The van der Waals surface area contributed by atoms with Gasteiger partial charge in [0.1, 0.15) is 6.04 Å². The van der Waals surface area contributed by atoms with E-state index in [1.54, 1.807) is 27.9 Å². The van der Waals surface area contributed by atoms with Crippen LogP contribution in [0.15, 0.2) is 0 Å². The first-order valence-corrected chi connectivity index (χ1v) is 7.94. The fraction of sp³-hybridized carbons (Fsp3) is 0.909. The third-order valence-electron chi connectivity index (χ3n) is 3.25. The Bertz CT molecular complexity index is 406. The largest absolute Gasteiger partial charge is 0.347 e. The summed E-state index contributed by atoms with van der Waals surface area (Å²) in [6, 6.07) is -0.658. The van der Waals surface area contributed by atoms with E-state index in [2.05, 4.69) is 5.32 Å². The highest BCUT2D eigenvalue weighted by atomic mass is 32.2. The molecular formula is C11H24N4O3S. The van der Waals surface area contributed by atoms with Crippen molar-refractivity contribution in [3.05, 3.63) is 0 Å². The molecule has 0 spiro atoms. The molecule has 1 N–H and O–H groups in total. The van der Waals surface area contributed by atoms with Crippen molar-refractivity contribution in [2.24, 2.45) is 0 Å². The van der Waals surface area contributed by atoms with Gasteiger partial charge in [-0.15, -0.1) is 0 Å². The van der Waals surface area contributed by atoms with Gasteiger partial charge in [-0.3, -0.25) is 4.79 Å². The molecule has 0 aromatic rings. The number of carbonyl (C=O) groups is 1. The Morgan fingerprint density at radius 1 is 1.32 bits per heavy atom. The minimum atomic E-state index is -3.57. The molecular weight excluding hydrogens is 268 g/mol. The molecule has 19 heavy (non-hydrogen) atoms. The van der Waals surface area contributed by atoms with E-state index >= 15 is 0 Å². The van der Waals surface area contributed by atoms with Gasteiger partial charge in [-0.1, -0.05) is 13.8 Å². The highest BCUT2D eigenvalue weighted by Gasteiger charge is 2.39. The average molecular weight is 292 g/mol. The summed E-state index contributed by atoms with van der Waals surface area (Å²) < 4.78 is 27.8. The Labute approximate surface area is 115 Å². The van der Waals surface area contributed by atoms with Gasteiger partial charge in [0, 0.05) is 46.8 Å². The number of rotatable bonds is 5. The van der Waals surface area contributed by atoms with E-state index in [-0.39, 0.29) is 5.91 Å². The number of carbonyl (C=O) groups excluding carboxylic acids is 1. The van der Waals surface area contributed by atoms with Crippen LogP contribution in [0, 0.1) is 0 Å². The SMILES string of the molecule is CCN(CC)S(=O)(=O)N1CCNCC1C(=O)N(C)C. The molecule has 1 amide bonds. The molecule has 1 rings (SSSR count). The van der Waals surface area contributed by atoms with Crippen molar-refractivity contribution in [1.82, 2.24) is 18.8 Å². The van der Waals surface area contributed by atoms with E-state index in [9.17, 15) is 13.2 Å². The zero-order valence-electron chi connectivity index (χ0n) is 12.1.